The Balaban J connectivity index is 1.93. The Bertz CT molecular complexity index is 881. The van der Waals surface area contributed by atoms with Gasteiger partial charge >= 0.3 is 0 Å². The molecule has 0 spiro atoms. The van der Waals surface area contributed by atoms with Crippen LogP contribution in [0.25, 0.3) is 11.3 Å². The molecule has 0 saturated heterocycles. The second kappa shape index (κ2) is 6.76. The van der Waals surface area contributed by atoms with Crippen LogP contribution in [0.4, 0.5) is 0 Å². The molecule has 1 aromatic carbocycles. The lowest BCUT2D eigenvalue weighted by Gasteiger charge is -2.03. The molecule has 0 N–H and O–H groups in total. The van der Waals surface area contributed by atoms with Crippen molar-refractivity contribution in [3.8, 4) is 17.0 Å². The van der Waals surface area contributed by atoms with Gasteiger partial charge in [0.2, 0.25) is 0 Å². The summed E-state index contributed by atoms with van der Waals surface area (Å²) < 4.78 is 6.81. The molecule has 0 amide bonds. The van der Waals surface area contributed by atoms with E-state index >= 15 is 0 Å². The highest BCUT2D eigenvalue weighted by Crippen LogP contribution is 2.28. The van der Waals surface area contributed by atoms with Crippen LogP contribution in [0.2, 0.25) is 0 Å². The Labute approximate surface area is 142 Å². The van der Waals surface area contributed by atoms with Crippen LogP contribution in [0.15, 0.2) is 36.0 Å². The predicted octanol–water partition coefficient (Wildman–Crippen LogP) is 3.08. The number of nitrogens with zero attached hydrogens (tertiary/aromatic N) is 3. The Hall–Kier alpha value is -2.80. The molecule has 0 atom stereocenters. The molecule has 3 rings (SSSR count). The molecule has 2 aromatic heterocycles. The van der Waals surface area contributed by atoms with Crippen molar-refractivity contribution >= 4 is 23.4 Å². The fraction of sp³-hybridized carbons (Fsp3) is 0.176. The van der Waals surface area contributed by atoms with E-state index in [2.05, 4.69) is 10.1 Å². The smallest absolute Gasteiger partial charge is 0.171 e. The van der Waals surface area contributed by atoms with Crippen molar-refractivity contribution in [2.75, 3.05) is 7.11 Å². The molecular formula is C17H15N3O3S. The summed E-state index contributed by atoms with van der Waals surface area (Å²) in [5.41, 5.74) is 3.98. The standard InChI is InChI=1S/C17H15N3O3S/c1-11(22)17-16(18-10-24-17)14-8-20(19-15(14)9-21)7-12-3-5-13(23-2)6-4-12/h3-6,8-10H,7H2,1-2H3. The maximum absolute atomic E-state index is 11.7. The molecule has 122 valence electrons. The molecule has 0 aliphatic heterocycles. The van der Waals surface area contributed by atoms with E-state index in [4.69, 9.17) is 4.74 Å². The number of hydrogen-bond acceptors (Lipinski definition) is 6. The Morgan fingerprint density at radius 2 is 2.08 bits per heavy atom. The Kier molecular flexibility index (Phi) is 4.52. The number of hydrogen-bond donors (Lipinski definition) is 0. The molecule has 0 saturated carbocycles. The third-order valence-electron chi connectivity index (χ3n) is 3.55. The van der Waals surface area contributed by atoms with E-state index in [-0.39, 0.29) is 11.5 Å². The average molecular weight is 341 g/mol. The summed E-state index contributed by atoms with van der Waals surface area (Å²) in [7, 11) is 1.62. The number of aldehydes is 1. The van der Waals surface area contributed by atoms with Gasteiger partial charge in [0, 0.05) is 13.1 Å². The lowest BCUT2D eigenvalue weighted by Crippen LogP contribution is -2.00. The van der Waals surface area contributed by atoms with Crippen molar-refractivity contribution < 1.29 is 14.3 Å². The summed E-state index contributed by atoms with van der Waals surface area (Å²) >= 11 is 1.26. The monoisotopic (exact) mass is 341 g/mol. The third kappa shape index (κ3) is 3.11. The second-order valence-corrected chi connectivity index (χ2v) is 6.03. The predicted molar refractivity (Wildman–Crippen MR) is 90.8 cm³/mol. The van der Waals surface area contributed by atoms with Gasteiger partial charge in [0.25, 0.3) is 0 Å². The average Bonchev–Trinajstić information content (AvgIpc) is 3.21. The van der Waals surface area contributed by atoms with Gasteiger partial charge in [0.15, 0.2) is 12.1 Å². The summed E-state index contributed by atoms with van der Waals surface area (Å²) in [5.74, 6) is 0.703. The summed E-state index contributed by atoms with van der Waals surface area (Å²) in [5, 5.41) is 4.29. The van der Waals surface area contributed by atoms with Gasteiger partial charge in [-0.05, 0) is 17.7 Å². The van der Waals surface area contributed by atoms with Gasteiger partial charge in [0.1, 0.15) is 11.4 Å². The summed E-state index contributed by atoms with van der Waals surface area (Å²) in [6.07, 6.45) is 2.43. The van der Waals surface area contributed by atoms with Gasteiger partial charge in [-0.2, -0.15) is 5.10 Å². The first-order valence-corrected chi connectivity index (χ1v) is 8.10. The van der Waals surface area contributed by atoms with Gasteiger partial charge < -0.3 is 4.74 Å². The molecular weight excluding hydrogens is 326 g/mol. The molecule has 0 bridgehead atoms. The molecule has 6 nitrogen and oxygen atoms in total. The number of carbonyl (C=O) groups is 2. The van der Waals surface area contributed by atoms with Crippen molar-refractivity contribution in [1.82, 2.24) is 14.8 Å². The van der Waals surface area contributed by atoms with E-state index in [9.17, 15) is 9.59 Å². The number of Topliss-reactive ketones (excluding diaryl/α,β-unsaturated/α-hetero) is 1. The van der Waals surface area contributed by atoms with Crippen LogP contribution in [0.1, 0.15) is 32.6 Å². The molecule has 3 aromatic rings. The summed E-state index contributed by atoms with van der Waals surface area (Å²) in [6, 6.07) is 7.61. The van der Waals surface area contributed by atoms with Gasteiger partial charge in [-0.25, -0.2) is 4.98 Å². The van der Waals surface area contributed by atoms with E-state index in [1.54, 1.807) is 23.5 Å². The largest absolute Gasteiger partial charge is 0.497 e. The van der Waals surface area contributed by atoms with E-state index in [1.807, 2.05) is 24.3 Å². The maximum Gasteiger partial charge on any atom is 0.171 e. The van der Waals surface area contributed by atoms with Crippen LogP contribution in [0.5, 0.6) is 5.75 Å². The van der Waals surface area contributed by atoms with E-state index in [0.717, 1.165) is 11.3 Å². The fourth-order valence-corrected chi connectivity index (χ4v) is 3.10. The summed E-state index contributed by atoms with van der Waals surface area (Å²) in [4.78, 5) is 27.8. The minimum Gasteiger partial charge on any atom is -0.497 e. The lowest BCUT2D eigenvalue weighted by atomic mass is 10.1. The van der Waals surface area contributed by atoms with Crippen molar-refractivity contribution in [2.45, 2.75) is 13.5 Å². The van der Waals surface area contributed by atoms with E-state index in [0.29, 0.717) is 29.0 Å². The number of ether oxygens (including phenoxy) is 1. The maximum atomic E-state index is 11.7. The molecule has 0 aliphatic rings. The zero-order chi connectivity index (χ0) is 17.1. The third-order valence-corrected chi connectivity index (χ3v) is 4.48. The number of benzene rings is 1. The van der Waals surface area contributed by atoms with Gasteiger partial charge in [-0.3, -0.25) is 14.3 Å². The van der Waals surface area contributed by atoms with Crippen LogP contribution < -0.4 is 4.74 Å². The van der Waals surface area contributed by atoms with Crippen molar-refractivity contribution in [3.05, 3.63) is 52.1 Å². The number of thiazole rings is 1. The SMILES string of the molecule is COc1ccc(Cn2cc(-c3ncsc3C(C)=O)c(C=O)n2)cc1. The molecule has 24 heavy (non-hydrogen) atoms. The number of rotatable bonds is 6. The molecule has 0 fully saturated rings. The van der Waals surface area contributed by atoms with Crippen LogP contribution in [0.3, 0.4) is 0 Å². The van der Waals surface area contributed by atoms with Crippen molar-refractivity contribution in [2.24, 2.45) is 0 Å². The molecule has 0 aliphatic carbocycles. The van der Waals surface area contributed by atoms with Crippen LogP contribution >= 0.6 is 11.3 Å². The van der Waals surface area contributed by atoms with Gasteiger partial charge in [-0.1, -0.05) is 12.1 Å². The van der Waals surface area contributed by atoms with E-state index < -0.39 is 0 Å². The minimum atomic E-state index is -0.0766. The highest BCUT2D eigenvalue weighted by atomic mass is 32.1. The van der Waals surface area contributed by atoms with Crippen LogP contribution in [-0.2, 0) is 6.54 Å². The van der Waals surface area contributed by atoms with Crippen molar-refractivity contribution in [1.29, 1.82) is 0 Å². The fourth-order valence-electron chi connectivity index (χ4n) is 2.39. The normalized spacial score (nSPS) is 10.6. The molecule has 7 heteroatoms. The van der Waals surface area contributed by atoms with Crippen LogP contribution in [-0.4, -0.2) is 33.9 Å². The number of aromatic nitrogens is 3. The number of methoxy groups -OCH3 is 1. The number of ketones is 1. The topological polar surface area (TPSA) is 74.1 Å². The zero-order valence-electron chi connectivity index (χ0n) is 13.2. The highest BCUT2D eigenvalue weighted by Gasteiger charge is 2.19. The molecule has 0 unspecified atom stereocenters. The highest BCUT2D eigenvalue weighted by molar-refractivity contribution is 7.12. The molecule has 0 radical (unpaired) electrons. The molecule has 2 heterocycles. The Morgan fingerprint density at radius 1 is 1.33 bits per heavy atom. The van der Waals surface area contributed by atoms with Crippen molar-refractivity contribution in [3.63, 3.8) is 0 Å². The first kappa shape index (κ1) is 16.1. The zero-order valence-corrected chi connectivity index (χ0v) is 14.0. The number of carbonyl (C=O) groups excluding carboxylic acids is 2. The quantitative estimate of drug-likeness (QED) is 0.509. The summed E-state index contributed by atoms with van der Waals surface area (Å²) in [6.45, 7) is 1.99. The minimum absolute atomic E-state index is 0.0766. The second-order valence-electron chi connectivity index (χ2n) is 5.18. The van der Waals surface area contributed by atoms with Gasteiger partial charge in [-0.15, -0.1) is 11.3 Å². The first-order chi connectivity index (χ1) is 11.6. The Morgan fingerprint density at radius 3 is 2.71 bits per heavy atom. The lowest BCUT2D eigenvalue weighted by molar-refractivity contribution is 0.102. The van der Waals surface area contributed by atoms with Gasteiger partial charge in [0.05, 0.1) is 35.3 Å². The van der Waals surface area contributed by atoms with Crippen LogP contribution in [0, 0.1) is 0 Å². The first-order valence-electron chi connectivity index (χ1n) is 7.22. The van der Waals surface area contributed by atoms with E-state index in [1.165, 1.54) is 18.3 Å².